The lowest BCUT2D eigenvalue weighted by Gasteiger charge is -2.35. The molecule has 0 aliphatic rings. The van der Waals surface area contributed by atoms with E-state index in [1.807, 2.05) is 0 Å². The smallest absolute Gasteiger partial charge is 0.0234 e. The molecule has 0 saturated carbocycles. The molecule has 0 aliphatic heterocycles. The third-order valence-electron chi connectivity index (χ3n) is 5.24. The van der Waals surface area contributed by atoms with Crippen molar-refractivity contribution in [1.82, 2.24) is 0 Å². The molecule has 0 aromatic rings. The molecule has 0 rings (SSSR count). The van der Waals surface area contributed by atoms with Gasteiger partial charge in [-0.3, -0.25) is 0 Å². The van der Waals surface area contributed by atoms with Gasteiger partial charge in [0, 0.05) is 0 Å². The second kappa shape index (κ2) is 8.82. The zero-order chi connectivity index (χ0) is 15.1. The molecule has 0 heteroatoms. The molecule has 0 aromatic heterocycles. The molecular formula is C19H38. The monoisotopic (exact) mass is 266 g/mol. The van der Waals surface area contributed by atoms with Gasteiger partial charge in [0.2, 0.25) is 0 Å². The van der Waals surface area contributed by atoms with Gasteiger partial charge >= 0.3 is 0 Å². The van der Waals surface area contributed by atoms with E-state index in [0.717, 1.165) is 17.8 Å². The molecule has 19 heavy (non-hydrogen) atoms. The highest BCUT2D eigenvalue weighted by atomic mass is 14.3. The molecule has 0 fully saturated rings. The van der Waals surface area contributed by atoms with Crippen LogP contribution >= 0.6 is 0 Å². The normalized spacial score (nSPS) is 19.4. The van der Waals surface area contributed by atoms with Crippen LogP contribution in [0.4, 0.5) is 0 Å². The summed E-state index contributed by atoms with van der Waals surface area (Å²) in [5, 5.41) is 0. The van der Waals surface area contributed by atoms with E-state index in [9.17, 15) is 0 Å². The van der Waals surface area contributed by atoms with Gasteiger partial charge in [0.25, 0.3) is 0 Å². The van der Waals surface area contributed by atoms with Gasteiger partial charge in [-0.1, -0.05) is 73.5 Å². The highest BCUT2D eigenvalue weighted by Gasteiger charge is 2.28. The SMILES string of the molecule is CC=CC(C)C(C)C(CC(C)CC)CC(C)(C)CC. The van der Waals surface area contributed by atoms with E-state index in [1.165, 1.54) is 25.7 Å². The van der Waals surface area contributed by atoms with Gasteiger partial charge in [-0.15, -0.1) is 0 Å². The van der Waals surface area contributed by atoms with Gasteiger partial charge in [-0.05, 0) is 48.9 Å². The Bertz CT molecular complexity index is 249. The van der Waals surface area contributed by atoms with Gasteiger partial charge in [-0.25, -0.2) is 0 Å². The zero-order valence-corrected chi connectivity index (χ0v) is 14.8. The van der Waals surface area contributed by atoms with E-state index < -0.39 is 0 Å². The van der Waals surface area contributed by atoms with E-state index in [2.05, 4.69) is 67.5 Å². The Kier molecular flexibility index (Phi) is 8.70. The third-order valence-corrected chi connectivity index (χ3v) is 5.24. The average molecular weight is 267 g/mol. The number of hydrogen-bond donors (Lipinski definition) is 0. The van der Waals surface area contributed by atoms with Crippen LogP contribution < -0.4 is 0 Å². The number of rotatable bonds is 9. The summed E-state index contributed by atoms with van der Waals surface area (Å²) in [6.07, 6.45) is 9.96. The molecule has 0 heterocycles. The summed E-state index contributed by atoms with van der Waals surface area (Å²) < 4.78 is 0. The predicted octanol–water partition coefficient (Wildman–Crippen LogP) is 6.71. The van der Waals surface area contributed by atoms with Gasteiger partial charge in [0.15, 0.2) is 0 Å². The van der Waals surface area contributed by atoms with Crippen molar-refractivity contribution in [2.75, 3.05) is 0 Å². The van der Waals surface area contributed by atoms with Crippen molar-refractivity contribution in [3.63, 3.8) is 0 Å². The number of allylic oxidation sites excluding steroid dienone is 2. The minimum absolute atomic E-state index is 0.488. The predicted molar refractivity (Wildman–Crippen MR) is 89.4 cm³/mol. The van der Waals surface area contributed by atoms with Crippen molar-refractivity contribution in [3.05, 3.63) is 12.2 Å². The van der Waals surface area contributed by atoms with Crippen molar-refractivity contribution in [2.45, 2.75) is 81.1 Å². The Morgan fingerprint density at radius 1 is 1.05 bits per heavy atom. The maximum Gasteiger partial charge on any atom is -0.0234 e. The largest absolute Gasteiger partial charge is 0.0914 e. The summed E-state index contributed by atoms with van der Waals surface area (Å²) in [6, 6.07) is 0. The van der Waals surface area contributed by atoms with E-state index >= 15 is 0 Å². The Balaban J connectivity index is 4.84. The minimum Gasteiger partial charge on any atom is -0.0914 e. The molecular weight excluding hydrogens is 228 g/mol. The van der Waals surface area contributed by atoms with E-state index in [-0.39, 0.29) is 0 Å². The third kappa shape index (κ3) is 7.18. The molecule has 0 saturated heterocycles. The lowest BCUT2D eigenvalue weighted by molar-refractivity contribution is 0.160. The molecule has 0 bridgehead atoms. The molecule has 4 atom stereocenters. The topological polar surface area (TPSA) is 0 Å². The van der Waals surface area contributed by atoms with Crippen LogP contribution in [0.15, 0.2) is 12.2 Å². The maximum atomic E-state index is 2.46. The Morgan fingerprint density at radius 2 is 1.63 bits per heavy atom. The van der Waals surface area contributed by atoms with Crippen LogP contribution in [0.25, 0.3) is 0 Å². The second-order valence-corrected chi connectivity index (χ2v) is 7.48. The molecule has 0 amide bonds. The molecule has 0 nitrogen and oxygen atoms in total. The Morgan fingerprint density at radius 3 is 2.05 bits per heavy atom. The summed E-state index contributed by atoms with van der Waals surface area (Å²) in [5.74, 6) is 3.21. The Hall–Kier alpha value is -0.260. The van der Waals surface area contributed by atoms with Gasteiger partial charge in [0.1, 0.15) is 0 Å². The van der Waals surface area contributed by atoms with Crippen molar-refractivity contribution in [1.29, 1.82) is 0 Å². The molecule has 0 aliphatic carbocycles. The molecule has 0 N–H and O–H groups in total. The van der Waals surface area contributed by atoms with Crippen LogP contribution in [0, 0.1) is 29.1 Å². The summed E-state index contributed by atoms with van der Waals surface area (Å²) in [6.45, 7) is 18.9. The van der Waals surface area contributed by atoms with Crippen molar-refractivity contribution in [2.24, 2.45) is 29.1 Å². The molecule has 0 aromatic carbocycles. The molecule has 4 unspecified atom stereocenters. The van der Waals surface area contributed by atoms with Crippen LogP contribution in [0.3, 0.4) is 0 Å². The first-order valence-corrected chi connectivity index (χ1v) is 8.40. The standard InChI is InChI=1S/C19H38/c1-9-12-16(5)17(6)18(13-15(4)10-2)14-19(7,8)11-3/h9,12,15-18H,10-11,13-14H2,1-8H3. The van der Waals surface area contributed by atoms with Crippen molar-refractivity contribution >= 4 is 0 Å². The van der Waals surface area contributed by atoms with Crippen LogP contribution in [-0.2, 0) is 0 Å². The first-order valence-electron chi connectivity index (χ1n) is 8.40. The maximum absolute atomic E-state index is 2.46. The van der Waals surface area contributed by atoms with Crippen LogP contribution in [0.2, 0.25) is 0 Å². The molecule has 0 spiro atoms. The van der Waals surface area contributed by atoms with Crippen LogP contribution in [-0.4, -0.2) is 0 Å². The minimum atomic E-state index is 0.488. The fourth-order valence-electron chi connectivity index (χ4n) is 2.93. The quantitative estimate of drug-likeness (QED) is 0.407. The fourth-order valence-corrected chi connectivity index (χ4v) is 2.93. The van der Waals surface area contributed by atoms with Crippen LogP contribution in [0.1, 0.15) is 81.1 Å². The highest BCUT2D eigenvalue weighted by molar-refractivity contribution is 4.89. The number of hydrogen-bond acceptors (Lipinski definition) is 0. The zero-order valence-electron chi connectivity index (χ0n) is 14.8. The van der Waals surface area contributed by atoms with Gasteiger partial charge < -0.3 is 0 Å². The fraction of sp³-hybridized carbons (Fsp3) is 0.895. The second-order valence-electron chi connectivity index (χ2n) is 7.48. The highest BCUT2D eigenvalue weighted by Crippen LogP contribution is 2.38. The van der Waals surface area contributed by atoms with Crippen molar-refractivity contribution < 1.29 is 0 Å². The summed E-state index contributed by atoms with van der Waals surface area (Å²) in [7, 11) is 0. The van der Waals surface area contributed by atoms with E-state index in [0.29, 0.717) is 11.3 Å². The summed E-state index contributed by atoms with van der Waals surface area (Å²) in [4.78, 5) is 0. The first-order chi connectivity index (χ1) is 8.77. The first kappa shape index (κ1) is 18.7. The lowest BCUT2D eigenvalue weighted by atomic mass is 9.70. The van der Waals surface area contributed by atoms with Crippen molar-refractivity contribution in [3.8, 4) is 0 Å². The summed E-state index contributed by atoms with van der Waals surface area (Å²) in [5.41, 5.74) is 0.488. The van der Waals surface area contributed by atoms with Crippen LogP contribution in [0.5, 0.6) is 0 Å². The van der Waals surface area contributed by atoms with E-state index in [4.69, 9.17) is 0 Å². The Labute approximate surface area is 123 Å². The van der Waals surface area contributed by atoms with Gasteiger partial charge in [0.05, 0.1) is 0 Å². The van der Waals surface area contributed by atoms with Gasteiger partial charge in [-0.2, -0.15) is 0 Å². The lowest BCUT2D eigenvalue weighted by Crippen LogP contribution is -2.26. The average Bonchev–Trinajstić information content (AvgIpc) is 2.36. The summed E-state index contributed by atoms with van der Waals surface area (Å²) >= 11 is 0. The molecule has 0 radical (unpaired) electrons. The molecule has 114 valence electrons. The van der Waals surface area contributed by atoms with E-state index in [1.54, 1.807) is 0 Å².